The highest BCUT2D eigenvalue weighted by atomic mass is 19.4. The van der Waals surface area contributed by atoms with E-state index in [-0.39, 0.29) is 23.8 Å². The quantitative estimate of drug-likeness (QED) is 0.685. The molecule has 29 heavy (non-hydrogen) atoms. The Labute approximate surface area is 163 Å². The fourth-order valence-corrected chi connectivity index (χ4v) is 4.18. The van der Waals surface area contributed by atoms with E-state index in [1.165, 1.54) is 6.07 Å². The highest BCUT2D eigenvalue weighted by molar-refractivity contribution is 6.00. The van der Waals surface area contributed by atoms with Gasteiger partial charge in [0.1, 0.15) is 11.4 Å². The first kappa shape index (κ1) is 18.1. The second-order valence-corrected chi connectivity index (χ2v) is 7.41. The Morgan fingerprint density at radius 1 is 1.10 bits per heavy atom. The maximum absolute atomic E-state index is 12.9. The van der Waals surface area contributed by atoms with Crippen LogP contribution in [0, 0.1) is 0 Å². The lowest BCUT2D eigenvalue weighted by molar-refractivity contribution is -0.137. The Balaban J connectivity index is 1.55. The standard InChI is InChI=1S/C20H17F3N4O2/c21-20(22,23)10-1-3-13(16(28)7-10)18-12-5-6-24-9-14(12)19(27-26-18)25-15-8-11-2-4-17(15)29-11/h1,3,5-7,9,11,15,17,28H,2,4,8H2,(H,25,27)/t11-,15?,17+/m0/s1. The SMILES string of the molecule is Oc1cc(C(F)(F)F)ccc1-c1nnc(NC2C[C@@H]3CC[C@H]2O3)c2cnccc12. The molecule has 0 amide bonds. The molecule has 3 atom stereocenters. The number of benzene rings is 1. The number of fused-ring (bicyclic) bond motifs is 3. The highest BCUT2D eigenvalue weighted by Gasteiger charge is 2.41. The average molecular weight is 402 g/mol. The first-order chi connectivity index (χ1) is 13.9. The van der Waals surface area contributed by atoms with Crippen LogP contribution in [0.2, 0.25) is 0 Å². The summed E-state index contributed by atoms with van der Waals surface area (Å²) in [6.45, 7) is 0. The van der Waals surface area contributed by atoms with Crippen LogP contribution >= 0.6 is 0 Å². The summed E-state index contributed by atoms with van der Waals surface area (Å²) in [5, 5.41) is 23.4. The summed E-state index contributed by atoms with van der Waals surface area (Å²) in [6, 6.07) is 4.67. The van der Waals surface area contributed by atoms with Crippen molar-refractivity contribution in [3.63, 3.8) is 0 Å². The number of anilines is 1. The second-order valence-electron chi connectivity index (χ2n) is 7.41. The molecular formula is C20H17F3N4O2. The van der Waals surface area contributed by atoms with Crippen LogP contribution in [0.4, 0.5) is 19.0 Å². The van der Waals surface area contributed by atoms with E-state index in [4.69, 9.17) is 4.74 Å². The lowest BCUT2D eigenvalue weighted by atomic mass is 9.95. The topological polar surface area (TPSA) is 80.2 Å². The first-order valence-electron chi connectivity index (χ1n) is 9.33. The molecule has 9 heteroatoms. The maximum Gasteiger partial charge on any atom is 0.416 e. The third kappa shape index (κ3) is 3.15. The number of pyridine rings is 1. The van der Waals surface area contributed by atoms with Crippen molar-refractivity contribution in [2.75, 3.05) is 5.32 Å². The minimum absolute atomic E-state index is 0.136. The van der Waals surface area contributed by atoms with Crippen LogP contribution in [0.1, 0.15) is 24.8 Å². The van der Waals surface area contributed by atoms with Gasteiger partial charge in [0.05, 0.1) is 23.8 Å². The number of nitrogens with zero attached hydrogens (tertiary/aromatic N) is 3. The predicted molar refractivity (Wildman–Crippen MR) is 99.4 cm³/mol. The zero-order chi connectivity index (χ0) is 20.2. The van der Waals surface area contributed by atoms with Gasteiger partial charge in [-0.15, -0.1) is 10.2 Å². The highest BCUT2D eigenvalue weighted by Crippen LogP contribution is 2.40. The van der Waals surface area contributed by atoms with Crippen molar-refractivity contribution in [3.8, 4) is 17.0 Å². The Hall–Kier alpha value is -2.94. The number of hydrogen-bond donors (Lipinski definition) is 2. The number of alkyl halides is 3. The number of aromatic nitrogens is 3. The van der Waals surface area contributed by atoms with Crippen LogP contribution in [0.15, 0.2) is 36.7 Å². The largest absolute Gasteiger partial charge is 0.507 e. The van der Waals surface area contributed by atoms with Crippen LogP contribution < -0.4 is 5.32 Å². The molecule has 150 valence electrons. The van der Waals surface area contributed by atoms with Gasteiger partial charge in [0, 0.05) is 28.7 Å². The fraction of sp³-hybridized carbons (Fsp3) is 0.350. The summed E-state index contributed by atoms with van der Waals surface area (Å²) in [7, 11) is 0. The molecule has 3 aromatic rings. The van der Waals surface area contributed by atoms with Gasteiger partial charge in [0.25, 0.3) is 0 Å². The van der Waals surface area contributed by atoms with Gasteiger partial charge in [0.15, 0.2) is 5.82 Å². The molecule has 2 saturated heterocycles. The average Bonchev–Trinajstić information content (AvgIpc) is 3.31. The molecule has 2 aliphatic heterocycles. The van der Waals surface area contributed by atoms with Crippen molar-refractivity contribution in [1.29, 1.82) is 0 Å². The summed E-state index contributed by atoms with van der Waals surface area (Å²) >= 11 is 0. The minimum Gasteiger partial charge on any atom is -0.507 e. The molecule has 0 saturated carbocycles. The number of rotatable bonds is 3. The van der Waals surface area contributed by atoms with Crippen molar-refractivity contribution in [2.24, 2.45) is 0 Å². The Morgan fingerprint density at radius 3 is 2.66 bits per heavy atom. The van der Waals surface area contributed by atoms with E-state index in [1.807, 2.05) is 0 Å². The van der Waals surface area contributed by atoms with E-state index in [1.54, 1.807) is 18.5 Å². The third-order valence-electron chi connectivity index (χ3n) is 5.59. The number of nitrogens with one attached hydrogen (secondary N) is 1. The normalized spacial score (nSPS) is 23.6. The Morgan fingerprint density at radius 2 is 1.97 bits per heavy atom. The number of ether oxygens (including phenoxy) is 1. The zero-order valence-electron chi connectivity index (χ0n) is 15.1. The van der Waals surface area contributed by atoms with Crippen molar-refractivity contribution < 1.29 is 23.0 Å². The Bertz CT molecular complexity index is 1090. The third-order valence-corrected chi connectivity index (χ3v) is 5.59. The Kier molecular flexibility index (Phi) is 4.09. The smallest absolute Gasteiger partial charge is 0.416 e. The molecule has 0 radical (unpaired) electrons. The van der Waals surface area contributed by atoms with Crippen molar-refractivity contribution in [2.45, 2.75) is 43.7 Å². The molecule has 6 nitrogen and oxygen atoms in total. The van der Waals surface area contributed by atoms with E-state index in [0.717, 1.165) is 25.3 Å². The summed E-state index contributed by atoms with van der Waals surface area (Å²) in [4.78, 5) is 4.15. The summed E-state index contributed by atoms with van der Waals surface area (Å²) in [6.07, 6.45) is 2.06. The summed E-state index contributed by atoms with van der Waals surface area (Å²) < 4.78 is 44.6. The number of phenolic OH excluding ortho intramolecular Hbond substituents is 1. The van der Waals surface area contributed by atoms with E-state index in [9.17, 15) is 18.3 Å². The van der Waals surface area contributed by atoms with Crippen LogP contribution in [-0.4, -0.2) is 38.5 Å². The van der Waals surface area contributed by atoms with E-state index >= 15 is 0 Å². The fourth-order valence-electron chi connectivity index (χ4n) is 4.18. The lowest BCUT2D eigenvalue weighted by Gasteiger charge is -2.21. The van der Waals surface area contributed by atoms with E-state index < -0.39 is 17.5 Å². The summed E-state index contributed by atoms with van der Waals surface area (Å²) in [5.74, 6) is 0.0406. The van der Waals surface area contributed by atoms with Gasteiger partial charge in [-0.1, -0.05) is 0 Å². The summed E-state index contributed by atoms with van der Waals surface area (Å²) in [5.41, 5.74) is -0.452. The molecular weight excluding hydrogens is 385 g/mol. The van der Waals surface area contributed by atoms with E-state index in [0.29, 0.717) is 28.4 Å². The molecule has 0 spiro atoms. The van der Waals surface area contributed by atoms with Gasteiger partial charge in [-0.3, -0.25) is 4.98 Å². The van der Waals surface area contributed by atoms with E-state index in [2.05, 4.69) is 20.5 Å². The molecule has 2 aliphatic rings. The number of hydrogen-bond acceptors (Lipinski definition) is 6. The molecule has 1 unspecified atom stereocenters. The number of aromatic hydroxyl groups is 1. The molecule has 2 N–H and O–H groups in total. The van der Waals surface area contributed by atoms with Crippen LogP contribution in [-0.2, 0) is 10.9 Å². The van der Waals surface area contributed by atoms with Gasteiger partial charge >= 0.3 is 6.18 Å². The van der Waals surface area contributed by atoms with Crippen LogP contribution in [0.3, 0.4) is 0 Å². The second kappa shape index (κ2) is 6.55. The minimum atomic E-state index is -4.54. The van der Waals surface area contributed by atoms with Crippen LogP contribution in [0.25, 0.3) is 22.0 Å². The van der Waals surface area contributed by atoms with Crippen molar-refractivity contribution in [1.82, 2.24) is 15.2 Å². The van der Waals surface area contributed by atoms with Crippen LogP contribution in [0.5, 0.6) is 5.75 Å². The first-order valence-corrected chi connectivity index (χ1v) is 9.33. The van der Waals surface area contributed by atoms with Crippen molar-refractivity contribution in [3.05, 3.63) is 42.2 Å². The van der Waals surface area contributed by atoms with Gasteiger partial charge in [0.2, 0.25) is 0 Å². The number of phenols is 1. The molecule has 0 aliphatic carbocycles. The van der Waals surface area contributed by atoms with Gasteiger partial charge in [-0.25, -0.2) is 0 Å². The lowest BCUT2D eigenvalue weighted by Crippen LogP contribution is -2.31. The molecule has 1 aromatic carbocycles. The van der Waals surface area contributed by atoms with Gasteiger partial charge in [-0.2, -0.15) is 13.2 Å². The zero-order valence-corrected chi connectivity index (χ0v) is 15.1. The van der Waals surface area contributed by atoms with Gasteiger partial charge < -0.3 is 15.2 Å². The maximum atomic E-state index is 12.9. The van der Waals surface area contributed by atoms with Gasteiger partial charge in [-0.05, 0) is 43.5 Å². The molecule has 2 fully saturated rings. The van der Waals surface area contributed by atoms with Crippen molar-refractivity contribution >= 4 is 16.6 Å². The number of halogens is 3. The molecule has 2 bridgehead atoms. The molecule has 4 heterocycles. The molecule has 5 rings (SSSR count). The predicted octanol–water partition coefficient (Wildman–Crippen LogP) is 4.15. The monoisotopic (exact) mass is 402 g/mol. The molecule has 2 aromatic heterocycles.